The summed E-state index contributed by atoms with van der Waals surface area (Å²) in [4.78, 5) is 24.8. The maximum Gasteiger partial charge on any atom is 0.251 e. The molecular formula is C17H26ClN3O3. The van der Waals surface area contributed by atoms with Gasteiger partial charge in [0, 0.05) is 25.4 Å². The van der Waals surface area contributed by atoms with Crippen molar-refractivity contribution >= 4 is 29.9 Å². The highest BCUT2D eigenvalue weighted by Gasteiger charge is 2.39. The third-order valence-electron chi connectivity index (χ3n) is 4.52. The molecule has 0 saturated carbocycles. The van der Waals surface area contributed by atoms with E-state index in [-0.39, 0.29) is 24.2 Å². The Hall–Kier alpha value is -1.63. The fraction of sp³-hybridized carbons (Fsp3) is 0.529. The van der Waals surface area contributed by atoms with Gasteiger partial charge in [-0.05, 0) is 50.6 Å². The molecule has 1 aromatic rings. The lowest BCUT2D eigenvalue weighted by Gasteiger charge is -2.35. The van der Waals surface area contributed by atoms with Crippen LogP contribution in [0.25, 0.3) is 0 Å². The van der Waals surface area contributed by atoms with E-state index in [0.717, 1.165) is 31.5 Å². The van der Waals surface area contributed by atoms with Crippen LogP contribution in [0.2, 0.25) is 0 Å². The van der Waals surface area contributed by atoms with Gasteiger partial charge in [0.2, 0.25) is 5.91 Å². The fourth-order valence-electron chi connectivity index (χ4n) is 3.03. The lowest BCUT2D eigenvalue weighted by Crippen LogP contribution is -2.47. The van der Waals surface area contributed by atoms with Gasteiger partial charge in [0.1, 0.15) is 0 Å². The van der Waals surface area contributed by atoms with E-state index in [4.69, 9.17) is 4.74 Å². The van der Waals surface area contributed by atoms with Crippen LogP contribution in [0.15, 0.2) is 18.2 Å². The number of ether oxygens (including phenoxy) is 1. The van der Waals surface area contributed by atoms with Gasteiger partial charge >= 0.3 is 0 Å². The predicted octanol–water partition coefficient (Wildman–Crippen LogP) is 1.73. The molecule has 0 atom stereocenters. The van der Waals surface area contributed by atoms with E-state index in [1.54, 1.807) is 26.3 Å². The predicted molar refractivity (Wildman–Crippen MR) is 96.9 cm³/mol. The summed E-state index contributed by atoms with van der Waals surface area (Å²) in [5, 5.41) is 8.88. The molecule has 1 aliphatic rings. The minimum absolute atomic E-state index is 0. The van der Waals surface area contributed by atoms with Crippen LogP contribution < -0.4 is 16.0 Å². The molecular weight excluding hydrogens is 330 g/mol. The van der Waals surface area contributed by atoms with Crippen molar-refractivity contribution in [1.29, 1.82) is 0 Å². The van der Waals surface area contributed by atoms with Gasteiger partial charge in [-0.1, -0.05) is 6.07 Å². The minimum atomic E-state index is -0.518. The maximum atomic E-state index is 12.9. The van der Waals surface area contributed by atoms with E-state index < -0.39 is 5.41 Å². The number of carbonyl (C=O) groups excluding carboxylic acids is 2. The highest BCUT2D eigenvalue weighted by Crippen LogP contribution is 2.31. The van der Waals surface area contributed by atoms with Crippen molar-refractivity contribution in [3.05, 3.63) is 29.3 Å². The molecule has 1 saturated heterocycles. The molecule has 0 aliphatic carbocycles. The first-order valence-corrected chi connectivity index (χ1v) is 7.87. The molecule has 3 N–H and O–H groups in total. The maximum absolute atomic E-state index is 12.9. The van der Waals surface area contributed by atoms with E-state index in [2.05, 4.69) is 16.0 Å². The van der Waals surface area contributed by atoms with Crippen LogP contribution in [0.1, 0.15) is 28.8 Å². The zero-order valence-electron chi connectivity index (χ0n) is 14.4. The van der Waals surface area contributed by atoms with Crippen LogP contribution in [-0.4, -0.2) is 45.7 Å². The second-order valence-corrected chi connectivity index (χ2v) is 5.97. The molecule has 1 aliphatic heterocycles. The quantitative estimate of drug-likeness (QED) is 0.751. The van der Waals surface area contributed by atoms with Crippen LogP contribution in [0.4, 0.5) is 5.69 Å². The summed E-state index contributed by atoms with van der Waals surface area (Å²) in [6.07, 6.45) is 1.47. The first kappa shape index (κ1) is 20.4. The van der Waals surface area contributed by atoms with Gasteiger partial charge in [-0.25, -0.2) is 0 Å². The third-order valence-corrected chi connectivity index (χ3v) is 4.52. The molecule has 1 heterocycles. The second kappa shape index (κ2) is 9.01. The van der Waals surface area contributed by atoms with Gasteiger partial charge in [0.15, 0.2) is 0 Å². The molecule has 0 radical (unpaired) electrons. The Bertz CT molecular complexity index is 581. The zero-order chi connectivity index (χ0) is 16.9. The van der Waals surface area contributed by atoms with E-state index >= 15 is 0 Å². The Labute approximate surface area is 149 Å². The van der Waals surface area contributed by atoms with Gasteiger partial charge in [-0.15, -0.1) is 12.4 Å². The average Bonchev–Trinajstić information content (AvgIpc) is 2.57. The van der Waals surface area contributed by atoms with Crippen LogP contribution in [-0.2, 0) is 9.53 Å². The number of nitrogens with one attached hydrogen (secondary N) is 3. The Morgan fingerprint density at radius 3 is 2.54 bits per heavy atom. The summed E-state index contributed by atoms with van der Waals surface area (Å²) < 4.78 is 5.30. The summed E-state index contributed by atoms with van der Waals surface area (Å²) in [7, 11) is 3.21. The van der Waals surface area contributed by atoms with Gasteiger partial charge in [-0.3, -0.25) is 9.59 Å². The topological polar surface area (TPSA) is 79.5 Å². The monoisotopic (exact) mass is 355 g/mol. The van der Waals surface area contributed by atoms with Crippen LogP contribution in [0.5, 0.6) is 0 Å². The largest absolute Gasteiger partial charge is 0.384 e. The number of methoxy groups -OCH3 is 1. The summed E-state index contributed by atoms with van der Waals surface area (Å²) in [6, 6.07) is 5.35. The van der Waals surface area contributed by atoms with E-state index in [9.17, 15) is 9.59 Å². The summed E-state index contributed by atoms with van der Waals surface area (Å²) in [5.74, 6) is -0.204. The summed E-state index contributed by atoms with van der Waals surface area (Å²) in [6.45, 7) is 3.84. The van der Waals surface area contributed by atoms with Crippen LogP contribution in [0, 0.1) is 12.3 Å². The number of carbonyl (C=O) groups is 2. The number of hydrogen-bond donors (Lipinski definition) is 3. The normalized spacial score (nSPS) is 16.0. The molecule has 6 nitrogen and oxygen atoms in total. The Balaban J connectivity index is 0.00000288. The number of rotatable bonds is 5. The summed E-state index contributed by atoms with van der Waals surface area (Å²) >= 11 is 0. The highest BCUT2D eigenvalue weighted by atomic mass is 35.5. The van der Waals surface area contributed by atoms with Crippen molar-refractivity contribution in [1.82, 2.24) is 10.6 Å². The van der Waals surface area contributed by atoms with Crippen LogP contribution in [0.3, 0.4) is 0 Å². The molecule has 0 bridgehead atoms. The second-order valence-electron chi connectivity index (χ2n) is 5.97. The number of hydrogen-bond acceptors (Lipinski definition) is 4. The first-order chi connectivity index (χ1) is 11.0. The number of piperidine rings is 1. The third kappa shape index (κ3) is 4.26. The molecule has 0 unspecified atom stereocenters. The van der Waals surface area contributed by atoms with Crippen molar-refractivity contribution < 1.29 is 14.3 Å². The minimum Gasteiger partial charge on any atom is -0.384 e. The molecule has 134 valence electrons. The fourth-order valence-corrected chi connectivity index (χ4v) is 3.03. The van der Waals surface area contributed by atoms with E-state index in [1.807, 2.05) is 13.0 Å². The number of anilines is 1. The number of amides is 2. The van der Waals surface area contributed by atoms with Crippen molar-refractivity contribution in [2.75, 3.05) is 39.2 Å². The highest BCUT2D eigenvalue weighted by molar-refractivity contribution is 6.00. The Morgan fingerprint density at radius 1 is 1.29 bits per heavy atom. The average molecular weight is 356 g/mol. The number of benzene rings is 1. The van der Waals surface area contributed by atoms with Crippen molar-refractivity contribution in [3.63, 3.8) is 0 Å². The lowest BCUT2D eigenvalue weighted by molar-refractivity contribution is -0.130. The molecule has 7 heteroatoms. The molecule has 24 heavy (non-hydrogen) atoms. The van der Waals surface area contributed by atoms with Gasteiger partial charge in [0.25, 0.3) is 5.91 Å². The van der Waals surface area contributed by atoms with Gasteiger partial charge in [0.05, 0.1) is 12.0 Å². The number of halogens is 1. The Kier molecular flexibility index (Phi) is 7.66. The molecule has 0 spiro atoms. The van der Waals surface area contributed by atoms with E-state index in [0.29, 0.717) is 17.9 Å². The zero-order valence-corrected chi connectivity index (χ0v) is 15.2. The SMILES string of the molecule is CNC(=O)c1cccc(NC(=O)C2(COC)CCNCC2)c1C.Cl. The molecule has 2 amide bonds. The molecule has 1 aromatic carbocycles. The summed E-state index contributed by atoms with van der Waals surface area (Å²) in [5.41, 5.74) is 1.48. The van der Waals surface area contributed by atoms with Crippen molar-refractivity contribution in [3.8, 4) is 0 Å². The van der Waals surface area contributed by atoms with Gasteiger partial charge < -0.3 is 20.7 Å². The van der Waals surface area contributed by atoms with Crippen molar-refractivity contribution in [2.24, 2.45) is 5.41 Å². The Morgan fingerprint density at radius 2 is 1.96 bits per heavy atom. The standard InChI is InChI=1S/C17H25N3O3.ClH/c1-12-13(15(21)18-2)5-4-6-14(12)20-16(22)17(11-23-3)7-9-19-10-8-17;/h4-6,19H,7-11H2,1-3H3,(H,18,21)(H,20,22);1H. The smallest absolute Gasteiger partial charge is 0.251 e. The first-order valence-electron chi connectivity index (χ1n) is 7.87. The lowest BCUT2D eigenvalue weighted by atomic mass is 9.78. The molecule has 2 rings (SSSR count). The van der Waals surface area contributed by atoms with E-state index in [1.165, 1.54) is 0 Å². The van der Waals surface area contributed by atoms with Gasteiger partial charge in [-0.2, -0.15) is 0 Å². The molecule has 0 aromatic heterocycles. The molecule has 1 fully saturated rings. The van der Waals surface area contributed by atoms with Crippen LogP contribution >= 0.6 is 12.4 Å². The van der Waals surface area contributed by atoms with Crippen molar-refractivity contribution in [2.45, 2.75) is 19.8 Å².